The van der Waals surface area contributed by atoms with Crippen LogP contribution < -0.4 is 0 Å². The summed E-state index contributed by atoms with van der Waals surface area (Å²) in [6, 6.07) is 0. The lowest BCUT2D eigenvalue weighted by atomic mass is 9.68. The predicted octanol–water partition coefficient (Wildman–Crippen LogP) is 3.44. The second kappa shape index (κ2) is 5.09. The molecule has 1 saturated carbocycles. The van der Waals surface area contributed by atoms with Crippen LogP contribution in [0.25, 0.3) is 0 Å². The van der Waals surface area contributed by atoms with Crippen molar-refractivity contribution in [2.45, 2.75) is 52.9 Å². The number of ketones is 1. The fourth-order valence-corrected chi connectivity index (χ4v) is 3.34. The summed E-state index contributed by atoms with van der Waals surface area (Å²) < 4.78 is 5.32. The molecule has 1 heterocycles. The number of rotatable bonds is 2. The van der Waals surface area contributed by atoms with Crippen LogP contribution in [0.1, 0.15) is 52.9 Å². The van der Waals surface area contributed by atoms with Crippen LogP contribution in [0.5, 0.6) is 0 Å². The Hall–Kier alpha value is -0.370. The van der Waals surface area contributed by atoms with Gasteiger partial charge in [0, 0.05) is 18.4 Å². The number of Topliss-reactive ketones (excluding diaryl/α,β-unsaturated/α-hetero) is 1. The Labute approximate surface area is 105 Å². The van der Waals surface area contributed by atoms with Gasteiger partial charge in [0.2, 0.25) is 0 Å². The van der Waals surface area contributed by atoms with E-state index >= 15 is 0 Å². The van der Waals surface area contributed by atoms with Crippen molar-refractivity contribution in [1.82, 2.24) is 0 Å². The zero-order valence-corrected chi connectivity index (χ0v) is 11.5. The van der Waals surface area contributed by atoms with Gasteiger partial charge in [-0.05, 0) is 43.4 Å². The lowest BCUT2D eigenvalue weighted by molar-refractivity contribution is -0.128. The highest BCUT2D eigenvalue weighted by molar-refractivity contribution is 5.83. The van der Waals surface area contributed by atoms with Crippen molar-refractivity contribution in [2.75, 3.05) is 13.2 Å². The summed E-state index contributed by atoms with van der Waals surface area (Å²) in [5, 5.41) is 0. The van der Waals surface area contributed by atoms with Gasteiger partial charge in [0.05, 0.1) is 6.61 Å². The first-order chi connectivity index (χ1) is 7.98. The Balaban J connectivity index is 1.84. The maximum Gasteiger partial charge on any atom is 0.141 e. The molecule has 0 N–H and O–H groups in total. The lowest BCUT2D eigenvalue weighted by Crippen LogP contribution is -2.31. The molecule has 2 nitrogen and oxygen atoms in total. The Kier molecular flexibility index (Phi) is 3.92. The van der Waals surface area contributed by atoms with E-state index in [1.165, 1.54) is 12.8 Å². The normalized spacial score (nSPS) is 34.9. The Morgan fingerprint density at radius 2 is 1.65 bits per heavy atom. The fourth-order valence-electron chi connectivity index (χ4n) is 3.34. The van der Waals surface area contributed by atoms with Crippen LogP contribution in [0.15, 0.2) is 0 Å². The highest BCUT2D eigenvalue weighted by Gasteiger charge is 2.35. The lowest BCUT2D eigenvalue weighted by Gasteiger charge is -2.37. The molecule has 0 aromatic rings. The topological polar surface area (TPSA) is 26.3 Å². The number of carbonyl (C=O) groups is 1. The van der Waals surface area contributed by atoms with Gasteiger partial charge in [0.15, 0.2) is 0 Å². The molecule has 1 aliphatic carbocycles. The number of hydrogen-bond donors (Lipinski definition) is 0. The summed E-state index contributed by atoms with van der Waals surface area (Å²) in [5.41, 5.74) is 0.407. The summed E-state index contributed by atoms with van der Waals surface area (Å²) in [4.78, 5) is 12.3. The molecule has 2 fully saturated rings. The molecule has 0 radical (unpaired) electrons. The summed E-state index contributed by atoms with van der Waals surface area (Å²) in [7, 11) is 0. The van der Waals surface area contributed by atoms with Crippen molar-refractivity contribution < 1.29 is 9.53 Å². The van der Waals surface area contributed by atoms with E-state index < -0.39 is 0 Å². The number of ether oxygens (including phenoxy) is 1. The summed E-state index contributed by atoms with van der Waals surface area (Å²) in [6.07, 6.45) is 5.63. The third kappa shape index (κ3) is 3.09. The van der Waals surface area contributed by atoms with Crippen LogP contribution in [0.3, 0.4) is 0 Å². The molecule has 1 saturated heterocycles. The Bertz CT molecular complexity index is 263. The first-order valence-corrected chi connectivity index (χ1v) is 7.10. The maximum absolute atomic E-state index is 12.3. The minimum absolute atomic E-state index is 0.214. The van der Waals surface area contributed by atoms with Crippen LogP contribution >= 0.6 is 0 Å². The summed E-state index contributed by atoms with van der Waals surface area (Å²) in [6.45, 7) is 8.44. The van der Waals surface area contributed by atoms with Crippen LogP contribution in [0, 0.1) is 23.2 Å². The van der Waals surface area contributed by atoms with E-state index in [-0.39, 0.29) is 5.92 Å². The van der Waals surface area contributed by atoms with Crippen molar-refractivity contribution in [2.24, 2.45) is 23.2 Å². The van der Waals surface area contributed by atoms with Crippen molar-refractivity contribution in [1.29, 1.82) is 0 Å². The predicted molar refractivity (Wildman–Crippen MR) is 68.8 cm³/mol. The molecule has 2 heteroatoms. The van der Waals surface area contributed by atoms with E-state index in [4.69, 9.17) is 4.74 Å². The molecule has 0 amide bonds. The van der Waals surface area contributed by atoms with E-state index in [1.54, 1.807) is 0 Å². The monoisotopic (exact) mass is 238 g/mol. The average Bonchev–Trinajstić information content (AvgIpc) is 2.80. The second-order valence-corrected chi connectivity index (χ2v) is 6.88. The van der Waals surface area contributed by atoms with Crippen LogP contribution in [-0.2, 0) is 9.53 Å². The third-order valence-electron chi connectivity index (χ3n) is 4.69. The highest BCUT2D eigenvalue weighted by atomic mass is 16.5. The molecule has 0 aromatic carbocycles. The molecular weight excluding hydrogens is 212 g/mol. The highest BCUT2D eigenvalue weighted by Crippen LogP contribution is 2.40. The first kappa shape index (κ1) is 13.1. The second-order valence-electron chi connectivity index (χ2n) is 6.88. The van der Waals surface area contributed by atoms with E-state index in [0.717, 1.165) is 31.8 Å². The minimum Gasteiger partial charge on any atom is -0.381 e. The first-order valence-electron chi connectivity index (χ1n) is 7.10. The zero-order valence-electron chi connectivity index (χ0n) is 11.5. The van der Waals surface area contributed by atoms with Gasteiger partial charge in [0.25, 0.3) is 0 Å². The molecule has 1 atom stereocenters. The third-order valence-corrected chi connectivity index (χ3v) is 4.69. The number of carbonyl (C=O) groups excluding carboxylic acids is 1. The van der Waals surface area contributed by atoms with Crippen LogP contribution in [-0.4, -0.2) is 19.0 Å². The standard InChI is InChI=1S/C15H26O2/c1-15(2,3)13-6-4-11(5-7-13)14(16)12-8-9-17-10-12/h11-13H,4-10H2,1-3H3. The van der Waals surface area contributed by atoms with Gasteiger partial charge in [-0.1, -0.05) is 20.8 Å². The largest absolute Gasteiger partial charge is 0.381 e. The van der Waals surface area contributed by atoms with Gasteiger partial charge in [-0.25, -0.2) is 0 Å². The van der Waals surface area contributed by atoms with E-state index in [9.17, 15) is 4.79 Å². The molecular formula is C15H26O2. The summed E-state index contributed by atoms with van der Waals surface area (Å²) >= 11 is 0. The molecule has 1 aliphatic heterocycles. The van der Waals surface area contributed by atoms with Crippen molar-refractivity contribution in [3.8, 4) is 0 Å². The molecule has 2 aliphatic rings. The Morgan fingerprint density at radius 3 is 2.12 bits per heavy atom. The number of hydrogen-bond acceptors (Lipinski definition) is 2. The molecule has 98 valence electrons. The van der Waals surface area contributed by atoms with Crippen molar-refractivity contribution in [3.63, 3.8) is 0 Å². The van der Waals surface area contributed by atoms with Gasteiger partial charge in [-0.15, -0.1) is 0 Å². The average molecular weight is 238 g/mol. The molecule has 0 spiro atoms. The van der Waals surface area contributed by atoms with Crippen LogP contribution in [0.4, 0.5) is 0 Å². The van der Waals surface area contributed by atoms with E-state index in [1.807, 2.05) is 0 Å². The maximum atomic E-state index is 12.3. The van der Waals surface area contributed by atoms with Gasteiger partial charge < -0.3 is 4.74 Å². The fraction of sp³-hybridized carbons (Fsp3) is 0.933. The quantitative estimate of drug-likeness (QED) is 0.736. The molecule has 0 bridgehead atoms. The van der Waals surface area contributed by atoms with E-state index in [2.05, 4.69) is 20.8 Å². The van der Waals surface area contributed by atoms with Gasteiger partial charge in [-0.3, -0.25) is 4.79 Å². The molecule has 17 heavy (non-hydrogen) atoms. The molecule has 1 unspecified atom stereocenters. The van der Waals surface area contributed by atoms with Crippen LogP contribution in [0.2, 0.25) is 0 Å². The molecule has 2 rings (SSSR count). The minimum atomic E-state index is 0.214. The van der Waals surface area contributed by atoms with Gasteiger partial charge in [0.1, 0.15) is 5.78 Å². The molecule has 0 aromatic heterocycles. The Morgan fingerprint density at radius 1 is 1.00 bits per heavy atom. The van der Waals surface area contributed by atoms with E-state index in [0.29, 0.717) is 23.7 Å². The van der Waals surface area contributed by atoms with Crippen molar-refractivity contribution in [3.05, 3.63) is 0 Å². The SMILES string of the molecule is CC(C)(C)C1CCC(C(=O)C2CCOC2)CC1. The zero-order chi connectivity index (χ0) is 12.5. The van der Waals surface area contributed by atoms with Crippen molar-refractivity contribution >= 4 is 5.78 Å². The smallest absolute Gasteiger partial charge is 0.141 e. The summed E-state index contributed by atoms with van der Waals surface area (Å²) in [5.74, 6) is 1.84. The van der Waals surface area contributed by atoms with Gasteiger partial charge >= 0.3 is 0 Å². The van der Waals surface area contributed by atoms with Gasteiger partial charge in [-0.2, -0.15) is 0 Å².